The van der Waals surface area contributed by atoms with Crippen molar-refractivity contribution < 1.29 is 9.53 Å². The van der Waals surface area contributed by atoms with Gasteiger partial charge < -0.3 is 4.74 Å². The molecule has 16 heavy (non-hydrogen) atoms. The van der Waals surface area contributed by atoms with Crippen LogP contribution in [0.15, 0.2) is 42.5 Å². The molecule has 1 aromatic rings. The summed E-state index contributed by atoms with van der Waals surface area (Å²) in [5.74, 6) is -0.284. The van der Waals surface area contributed by atoms with Gasteiger partial charge in [0.25, 0.3) is 0 Å². The summed E-state index contributed by atoms with van der Waals surface area (Å²) in [7, 11) is 0. The zero-order chi connectivity index (χ0) is 11.4. The Morgan fingerprint density at radius 1 is 1.44 bits per heavy atom. The van der Waals surface area contributed by atoms with Crippen LogP contribution in [-0.4, -0.2) is 12.6 Å². The molecule has 1 aliphatic carbocycles. The van der Waals surface area contributed by atoms with E-state index < -0.39 is 0 Å². The van der Waals surface area contributed by atoms with Gasteiger partial charge in [0.05, 0.1) is 6.61 Å². The second-order valence-corrected chi connectivity index (χ2v) is 3.61. The Labute approximate surface area is 95.2 Å². The predicted molar refractivity (Wildman–Crippen MR) is 63.9 cm³/mol. The fourth-order valence-electron chi connectivity index (χ4n) is 1.82. The molecule has 2 heteroatoms. The molecule has 2 nitrogen and oxygen atoms in total. The minimum Gasteiger partial charge on any atom is -0.463 e. The molecule has 0 aliphatic heterocycles. The number of carbonyl (C=O) groups is 1. The van der Waals surface area contributed by atoms with Gasteiger partial charge in [-0.3, -0.25) is 0 Å². The highest BCUT2D eigenvalue weighted by Gasteiger charge is 2.10. The zero-order valence-corrected chi connectivity index (χ0v) is 9.27. The molecule has 0 radical (unpaired) electrons. The Balaban J connectivity index is 2.11. The van der Waals surface area contributed by atoms with Crippen LogP contribution >= 0.6 is 0 Å². The summed E-state index contributed by atoms with van der Waals surface area (Å²) in [4.78, 5) is 11.2. The summed E-state index contributed by atoms with van der Waals surface area (Å²) < 4.78 is 4.84. The van der Waals surface area contributed by atoms with Gasteiger partial charge >= 0.3 is 5.97 Å². The van der Waals surface area contributed by atoms with Crippen molar-refractivity contribution >= 4 is 11.5 Å². The van der Waals surface area contributed by atoms with Gasteiger partial charge in [0.2, 0.25) is 0 Å². The number of hydrogen-bond donors (Lipinski definition) is 0. The molecule has 0 aromatic heterocycles. The lowest BCUT2D eigenvalue weighted by Crippen LogP contribution is -1.98. The first-order valence-corrected chi connectivity index (χ1v) is 5.44. The van der Waals surface area contributed by atoms with Crippen molar-refractivity contribution in [3.63, 3.8) is 0 Å². The maximum absolute atomic E-state index is 11.2. The maximum atomic E-state index is 11.2. The summed E-state index contributed by atoms with van der Waals surface area (Å²) in [6, 6.07) is 8.22. The molecule has 1 aromatic carbocycles. The molecule has 0 heterocycles. The van der Waals surface area contributed by atoms with Crippen molar-refractivity contribution in [2.24, 2.45) is 0 Å². The Hall–Kier alpha value is -1.83. The van der Waals surface area contributed by atoms with Crippen LogP contribution in [0.1, 0.15) is 18.1 Å². The molecule has 0 saturated heterocycles. The third kappa shape index (κ3) is 2.22. The average molecular weight is 214 g/mol. The Bertz CT molecular complexity index is 456. The van der Waals surface area contributed by atoms with Crippen molar-refractivity contribution in [1.29, 1.82) is 0 Å². The normalized spacial score (nSPS) is 13.7. The molecular weight excluding hydrogens is 200 g/mol. The third-order valence-corrected chi connectivity index (χ3v) is 2.56. The van der Waals surface area contributed by atoms with Crippen LogP contribution < -0.4 is 0 Å². The number of rotatable bonds is 3. The molecule has 0 fully saturated rings. The van der Waals surface area contributed by atoms with Crippen molar-refractivity contribution in [2.75, 3.05) is 6.61 Å². The fraction of sp³-hybridized carbons (Fsp3) is 0.214. The van der Waals surface area contributed by atoms with Gasteiger partial charge in [0.1, 0.15) is 0 Å². The van der Waals surface area contributed by atoms with Crippen LogP contribution in [0.3, 0.4) is 0 Å². The fourth-order valence-corrected chi connectivity index (χ4v) is 1.82. The van der Waals surface area contributed by atoms with Crippen molar-refractivity contribution in [1.82, 2.24) is 0 Å². The van der Waals surface area contributed by atoms with E-state index in [-0.39, 0.29) is 5.97 Å². The van der Waals surface area contributed by atoms with Crippen LogP contribution in [0.25, 0.3) is 5.57 Å². The monoisotopic (exact) mass is 214 g/mol. The summed E-state index contributed by atoms with van der Waals surface area (Å²) in [5, 5.41) is 0. The van der Waals surface area contributed by atoms with Crippen LogP contribution in [0.4, 0.5) is 0 Å². The number of allylic oxidation sites excluding steroid dienone is 3. The topological polar surface area (TPSA) is 26.3 Å². The van der Waals surface area contributed by atoms with Crippen molar-refractivity contribution in [3.8, 4) is 0 Å². The van der Waals surface area contributed by atoms with Gasteiger partial charge in [-0.2, -0.15) is 0 Å². The van der Waals surface area contributed by atoms with Gasteiger partial charge in [-0.05, 0) is 36.1 Å². The minimum atomic E-state index is -0.284. The second kappa shape index (κ2) is 4.79. The molecular formula is C14H14O2. The van der Waals surface area contributed by atoms with E-state index in [1.54, 1.807) is 6.92 Å². The van der Waals surface area contributed by atoms with Crippen molar-refractivity contribution in [3.05, 3.63) is 53.6 Å². The van der Waals surface area contributed by atoms with Crippen molar-refractivity contribution in [2.45, 2.75) is 13.3 Å². The molecule has 0 atom stereocenters. The lowest BCUT2D eigenvalue weighted by atomic mass is 10.1. The standard InChI is InChI=1S/C14H14O2/c1-2-16-14(15)10-9-12-8-7-11-5-3-4-6-13(11)12/h3-6,8-10H,2,7H2,1H3. The average Bonchev–Trinajstić information content (AvgIpc) is 2.70. The van der Waals surface area contributed by atoms with E-state index in [0.29, 0.717) is 6.61 Å². The minimum absolute atomic E-state index is 0.284. The first-order chi connectivity index (χ1) is 7.81. The molecule has 1 aliphatic rings. The molecule has 0 spiro atoms. The Morgan fingerprint density at radius 2 is 2.25 bits per heavy atom. The molecule has 0 N–H and O–H groups in total. The SMILES string of the molecule is CCOC(=O)C=CC1=CCc2ccccc21. The van der Waals surface area contributed by atoms with E-state index in [4.69, 9.17) is 4.74 Å². The third-order valence-electron chi connectivity index (χ3n) is 2.56. The van der Waals surface area contributed by atoms with E-state index in [1.165, 1.54) is 17.2 Å². The Kier molecular flexibility index (Phi) is 3.20. The highest BCUT2D eigenvalue weighted by Crippen LogP contribution is 2.27. The van der Waals surface area contributed by atoms with E-state index in [1.807, 2.05) is 18.2 Å². The molecule has 82 valence electrons. The number of benzene rings is 1. The van der Waals surface area contributed by atoms with E-state index in [0.717, 1.165) is 12.0 Å². The molecule has 2 rings (SSSR count). The molecule has 0 saturated carbocycles. The summed E-state index contributed by atoms with van der Waals surface area (Å²) in [5.41, 5.74) is 3.62. The van der Waals surface area contributed by atoms with Gasteiger partial charge in [0, 0.05) is 6.08 Å². The first kappa shape index (κ1) is 10.7. The Morgan fingerprint density at radius 3 is 3.06 bits per heavy atom. The number of fused-ring (bicyclic) bond motifs is 1. The number of carbonyl (C=O) groups excluding carboxylic acids is 1. The summed E-state index contributed by atoms with van der Waals surface area (Å²) in [6.07, 6.45) is 6.38. The largest absolute Gasteiger partial charge is 0.463 e. The van der Waals surface area contributed by atoms with E-state index >= 15 is 0 Å². The highest BCUT2D eigenvalue weighted by molar-refractivity contribution is 5.88. The van der Waals surface area contributed by atoms with Gasteiger partial charge in [-0.25, -0.2) is 4.79 Å². The van der Waals surface area contributed by atoms with Crippen LogP contribution in [0, 0.1) is 0 Å². The number of hydrogen-bond acceptors (Lipinski definition) is 2. The predicted octanol–water partition coefficient (Wildman–Crippen LogP) is 2.75. The summed E-state index contributed by atoms with van der Waals surface area (Å²) >= 11 is 0. The zero-order valence-electron chi connectivity index (χ0n) is 9.27. The summed E-state index contributed by atoms with van der Waals surface area (Å²) in [6.45, 7) is 2.22. The molecule has 0 unspecified atom stereocenters. The van der Waals surface area contributed by atoms with Gasteiger partial charge in [-0.1, -0.05) is 30.3 Å². The maximum Gasteiger partial charge on any atom is 0.330 e. The van der Waals surface area contributed by atoms with E-state index in [9.17, 15) is 4.79 Å². The van der Waals surface area contributed by atoms with Crippen LogP contribution in [-0.2, 0) is 16.0 Å². The molecule has 0 amide bonds. The smallest absolute Gasteiger partial charge is 0.330 e. The van der Waals surface area contributed by atoms with E-state index in [2.05, 4.69) is 18.2 Å². The number of esters is 1. The first-order valence-electron chi connectivity index (χ1n) is 5.44. The van der Waals surface area contributed by atoms with Gasteiger partial charge in [0.15, 0.2) is 0 Å². The molecule has 0 bridgehead atoms. The number of ether oxygens (including phenoxy) is 1. The highest BCUT2D eigenvalue weighted by atomic mass is 16.5. The lowest BCUT2D eigenvalue weighted by Gasteiger charge is -2.00. The second-order valence-electron chi connectivity index (χ2n) is 3.61. The lowest BCUT2D eigenvalue weighted by molar-refractivity contribution is -0.137. The quantitative estimate of drug-likeness (QED) is 0.571. The van der Waals surface area contributed by atoms with Crippen LogP contribution in [0.2, 0.25) is 0 Å². The van der Waals surface area contributed by atoms with Crippen LogP contribution in [0.5, 0.6) is 0 Å². The van der Waals surface area contributed by atoms with Gasteiger partial charge in [-0.15, -0.1) is 0 Å².